The van der Waals surface area contributed by atoms with Gasteiger partial charge < -0.3 is 4.98 Å². The van der Waals surface area contributed by atoms with E-state index in [1.54, 1.807) is 6.07 Å². The molecule has 106 valence electrons. The maximum atomic E-state index is 13.5. The summed E-state index contributed by atoms with van der Waals surface area (Å²) >= 11 is 11.2. The van der Waals surface area contributed by atoms with E-state index in [1.807, 2.05) is 27.7 Å². The van der Waals surface area contributed by atoms with Gasteiger partial charge in [-0.25, -0.2) is 9.37 Å². The zero-order valence-electron chi connectivity index (χ0n) is 11.8. The molecule has 1 N–H and O–H groups in total. The average Bonchev–Trinajstić information content (AvgIpc) is 2.29. The predicted molar refractivity (Wildman–Crippen MR) is 83.3 cm³/mol. The second kappa shape index (κ2) is 5.26. The van der Waals surface area contributed by atoms with Gasteiger partial charge in [0.15, 0.2) is 0 Å². The molecule has 5 heteroatoms. The number of halogens is 2. The van der Waals surface area contributed by atoms with E-state index in [1.165, 1.54) is 12.1 Å². The fraction of sp³-hybridized carbons (Fsp3) is 0.333. The summed E-state index contributed by atoms with van der Waals surface area (Å²) in [5.41, 5.74) is 2.07. The number of aromatic amines is 1. The second-order valence-corrected chi connectivity index (χ2v) is 6.62. The van der Waals surface area contributed by atoms with Crippen molar-refractivity contribution in [3.05, 3.63) is 45.1 Å². The Labute approximate surface area is 128 Å². The van der Waals surface area contributed by atoms with Gasteiger partial charge in [-0.3, -0.25) is 0 Å². The standard InChI is InChI=1S/C15H16ClFN2S/c1-8-12(9-5-10(16)7-11(17)6-9)18-14(15(2,3)4)19-13(8)20/h5-7H,1-4H3,(H,18,19,20). The Bertz CT molecular complexity index is 697. The van der Waals surface area contributed by atoms with Gasteiger partial charge in [0.05, 0.1) is 5.69 Å². The first-order valence-electron chi connectivity index (χ1n) is 6.26. The molecule has 0 spiro atoms. The second-order valence-electron chi connectivity index (χ2n) is 5.80. The smallest absolute Gasteiger partial charge is 0.133 e. The van der Waals surface area contributed by atoms with E-state index < -0.39 is 0 Å². The van der Waals surface area contributed by atoms with Crippen LogP contribution in [0.1, 0.15) is 32.2 Å². The van der Waals surface area contributed by atoms with Gasteiger partial charge in [-0.1, -0.05) is 44.6 Å². The predicted octanol–water partition coefficient (Wildman–Crippen LogP) is 5.20. The first kappa shape index (κ1) is 15.1. The van der Waals surface area contributed by atoms with Crippen LogP contribution < -0.4 is 0 Å². The highest BCUT2D eigenvalue weighted by atomic mass is 35.5. The van der Waals surface area contributed by atoms with E-state index in [0.29, 0.717) is 15.2 Å². The van der Waals surface area contributed by atoms with Crippen LogP contribution in [0.15, 0.2) is 18.2 Å². The summed E-state index contributed by atoms with van der Waals surface area (Å²) in [6.07, 6.45) is 0. The molecule has 1 aromatic carbocycles. The number of hydrogen-bond donors (Lipinski definition) is 1. The quantitative estimate of drug-likeness (QED) is 0.733. The van der Waals surface area contributed by atoms with Crippen LogP contribution in [0.25, 0.3) is 11.3 Å². The van der Waals surface area contributed by atoms with Crippen LogP contribution in [0.4, 0.5) is 4.39 Å². The number of hydrogen-bond acceptors (Lipinski definition) is 2. The minimum absolute atomic E-state index is 0.173. The van der Waals surface area contributed by atoms with Crippen LogP contribution in [0.2, 0.25) is 5.02 Å². The van der Waals surface area contributed by atoms with E-state index in [9.17, 15) is 4.39 Å². The molecule has 0 saturated heterocycles. The highest BCUT2D eigenvalue weighted by Gasteiger charge is 2.19. The van der Waals surface area contributed by atoms with E-state index in [-0.39, 0.29) is 11.2 Å². The third-order valence-corrected chi connectivity index (χ3v) is 3.63. The molecule has 2 rings (SSSR count). The summed E-state index contributed by atoms with van der Waals surface area (Å²) in [4.78, 5) is 7.67. The summed E-state index contributed by atoms with van der Waals surface area (Å²) in [7, 11) is 0. The normalized spacial score (nSPS) is 11.7. The van der Waals surface area contributed by atoms with Gasteiger partial charge in [0.1, 0.15) is 16.3 Å². The lowest BCUT2D eigenvalue weighted by Crippen LogP contribution is -2.17. The minimum atomic E-state index is -0.375. The molecule has 0 saturated carbocycles. The van der Waals surface area contributed by atoms with E-state index in [2.05, 4.69) is 9.97 Å². The summed E-state index contributed by atoms with van der Waals surface area (Å²) < 4.78 is 14.1. The first-order valence-corrected chi connectivity index (χ1v) is 7.05. The molecule has 1 aromatic heterocycles. The van der Waals surface area contributed by atoms with E-state index in [0.717, 1.165) is 17.1 Å². The molecule has 0 aliphatic heterocycles. The van der Waals surface area contributed by atoms with Crippen molar-refractivity contribution in [1.82, 2.24) is 9.97 Å². The molecule has 0 radical (unpaired) electrons. The minimum Gasteiger partial charge on any atom is -0.342 e. The molecule has 0 aliphatic carbocycles. The molecule has 0 atom stereocenters. The first-order chi connectivity index (χ1) is 9.18. The van der Waals surface area contributed by atoms with Crippen molar-refractivity contribution in [3.63, 3.8) is 0 Å². The van der Waals surface area contributed by atoms with E-state index >= 15 is 0 Å². The van der Waals surface area contributed by atoms with Crippen molar-refractivity contribution in [1.29, 1.82) is 0 Å². The Morgan fingerprint density at radius 2 is 1.90 bits per heavy atom. The highest BCUT2D eigenvalue weighted by Crippen LogP contribution is 2.28. The lowest BCUT2D eigenvalue weighted by molar-refractivity contribution is 0.544. The lowest BCUT2D eigenvalue weighted by atomic mass is 9.95. The third kappa shape index (κ3) is 3.07. The fourth-order valence-electron chi connectivity index (χ4n) is 1.87. The number of rotatable bonds is 1. The number of nitrogens with zero attached hydrogens (tertiary/aromatic N) is 1. The van der Waals surface area contributed by atoms with Crippen LogP contribution >= 0.6 is 23.8 Å². The summed E-state index contributed by atoms with van der Waals surface area (Å²) in [6, 6.07) is 4.43. The molecule has 0 fully saturated rings. The molecule has 1 heterocycles. The Morgan fingerprint density at radius 1 is 1.25 bits per heavy atom. The van der Waals surface area contributed by atoms with Crippen molar-refractivity contribution in [2.75, 3.05) is 0 Å². The van der Waals surface area contributed by atoms with Gasteiger partial charge in [0.25, 0.3) is 0 Å². The SMILES string of the molecule is Cc1c(-c2cc(F)cc(Cl)c2)[nH]c(C(C)(C)C)nc1=S. The molecule has 20 heavy (non-hydrogen) atoms. The molecular formula is C15H16ClFN2S. The van der Waals surface area contributed by atoms with Gasteiger partial charge in [0, 0.05) is 21.6 Å². The highest BCUT2D eigenvalue weighted by molar-refractivity contribution is 7.71. The van der Waals surface area contributed by atoms with E-state index in [4.69, 9.17) is 23.8 Å². The van der Waals surface area contributed by atoms with Gasteiger partial charge in [-0.05, 0) is 25.1 Å². The fourth-order valence-corrected chi connectivity index (χ4v) is 2.29. The van der Waals surface area contributed by atoms with Gasteiger partial charge in [-0.2, -0.15) is 0 Å². The van der Waals surface area contributed by atoms with Crippen LogP contribution in [0.3, 0.4) is 0 Å². The molecule has 0 aliphatic rings. The lowest BCUT2D eigenvalue weighted by Gasteiger charge is -2.20. The third-order valence-electron chi connectivity index (χ3n) is 3.01. The van der Waals surface area contributed by atoms with Crippen molar-refractivity contribution in [3.8, 4) is 11.3 Å². The number of H-pyrrole nitrogens is 1. The Balaban J connectivity index is 2.73. The topological polar surface area (TPSA) is 28.7 Å². The van der Waals surface area contributed by atoms with Crippen molar-refractivity contribution in [2.24, 2.45) is 0 Å². The Hall–Kier alpha value is -1.26. The van der Waals surface area contributed by atoms with Gasteiger partial charge in [-0.15, -0.1) is 0 Å². The monoisotopic (exact) mass is 310 g/mol. The number of nitrogens with one attached hydrogen (secondary N) is 1. The molecule has 0 unspecified atom stereocenters. The zero-order chi connectivity index (χ0) is 15.1. The summed E-state index contributed by atoms with van der Waals surface area (Å²) in [5.74, 6) is 0.392. The van der Waals surface area contributed by atoms with Crippen LogP contribution in [-0.4, -0.2) is 9.97 Å². The van der Waals surface area contributed by atoms with Crippen molar-refractivity contribution >= 4 is 23.8 Å². The number of aromatic nitrogens is 2. The largest absolute Gasteiger partial charge is 0.342 e. The van der Waals surface area contributed by atoms with Gasteiger partial charge >= 0.3 is 0 Å². The molecule has 2 nitrogen and oxygen atoms in total. The average molecular weight is 311 g/mol. The van der Waals surface area contributed by atoms with Crippen molar-refractivity contribution < 1.29 is 4.39 Å². The van der Waals surface area contributed by atoms with Crippen molar-refractivity contribution in [2.45, 2.75) is 33.1 Å². The zero-order valence-corrected chi connectivity index (χ0v) is 13.4. The molecule has 0 amide bonds. The Kier molecular flexibility index (Phi) is 3.98. The van der Waals surface area contributed by atoms with Crippen LogP contribution in [-0.2, 0) is 5.41 Å². The summed E-state index contributed by atoms with van der Waals surface area (Å²) in [5, 5.41) is 0.354. The molecule has 0 bridgehead atoms. The van der Waals surface area contributed by atoms with Gasteiger partial charge in [0.2, 0.25) is 0 Å². The number of benzene rings is 1. The maximum Gasteiger partial charge on any atom is 0.133 e. The molecular weight excluding hydrogens is 295 g/mol. The van der Waals surface area contributed by atoms with Crippen LogP contribution in [0.5, 0.6) is 0 Å². The van der Waals surface area contributed by atoms with Crippen LogP contribution in [0, 0.1) is 17.4 Å². The Morgan fingerprint density at radius 3 is 2.45 bits per heavy atom. The summed E-state index contributed by atoms with van der Waals surface area (Å²) in [6.45, 7) is 7.99. The maximum absolute atomic E-state index is 13.5. The molecule has 2 aromatic rings.